The second kappa shape index (κ2) is 5.44. The highest BCUT2D eigenvalue weighted by Crippen LogP contribution is 2.14. The van der Waals surface area contributed by atoms with Crippen molar-refractivity contribution in [3.8, 4) is 0 Å². The third kappa shape index (κ3) is 3.01. The van der Waals surface area contributed by atoms with Gasteiger partial charge in [0.05, 0.1) is 5.69 Å². The van der Waals surface area contributed by atoms with Gasteiger partial charge in [-0.1, -0.05) is 13.0 Å². The maximum absolute atomic E-state index is 13.7. The highest BCUT2D eigenvalue weighted by molar-refractivity contribution is 5.38. The van der Waals surface area contributed by atoms with Gasteiger partial charge in [-0.15, -0.1) is 6.58 Å². The number of nitrogens with zero attached hydrogens (tertiary/aromatic N) is 2. The SMILES string of the molecule is C=CCC(C)Nc1ncnc(CC)c1F. The number of halogens is 1. The average Bonchev–Trinajstić information content (AvgIpc) is 2.21. The number of anilines is 1. The maximum atomic E-state index is 13.7. The van der Waals surface area contributed by atoms with Crippen molar-refractivity contribution in [3.63, 3.8) is 0 Å². The number of hydrogen-bond donors (Lipinski definition) is 1. The second-order valence-electron chi connectivity index (χ2n) is 3.41. The van der Waals surface area contributed by atoms with Gasteiger partial charge in [0.1, 0.15) is 6.33 Å². The van der Waals surface area contributed by atoms with E-state index in [1.54, 1.807) is 6.08 Å². The van der Waals surface area contributed by atoms with E-state index in [0.717, 1.165) is 6.42 Å². The smallest absolute Gasteiger partial charge is 0.186 e. The lowest BCUT2D eigenvalue weighted by Crippen LogP contribution is -2.17. The molecule has 0 aliphatic heterocycles. The molecular weight excluding hydrogens is 193 g/mol. The topological polar surface area (TPSA) is 37.8 Å². The standard InChI is InChI=1S/C11H16FN3/c1-4-6-8(3)15-11-10(12)9(5-2)13-7-14-11/h4,7-8H,1,5-6H2,2-3H3,(H,13,14,15). The van der Waals surface area contributed by atoms with Crippen LogP contribution in [0.2, 0.25) is 0 Å². The molecule has 1 rings (SSSR count). The molecule has 0 fully saturated rings. The van der Waals surface area contributed by atoms with Gasteiger partial charge in [0.25, 0.3) is 0 Å². The fourth-order valence-electron chi connectivity index (χ4n) is 1.30. The van der Waals surface area contributed by atoms with Crippen LogP contribution in [0.25, 0.3) is 0 Å². The molecule has 0 spiro atoms. The molecule has 0 radical (unpaired) electrons. The van der Waals surface area contributed by atoms with Crippen molar-refractivity contribution in [3.05, 3.63) is 30.5 Å². The van der Waals surface area contributed by atoms with E-state index in [4.69, 9.17) is 0 Å². The number of hydrogen-bond acceptors (Lipinski definition) is 3. The minimum Gasteiger partial charge on any atom is -0.365 e. The zero-order valence-electron chi connectivity index (χ0n) is 9.13. The van der Waals surface area contributed by atoms with Crippen molar-refractivity contribution in [2.45, 2.75) is 32.7 Å². The lowest BCUT2D eigenvalue weighted by molar-refractivity contribution is 0.593. The first kappa shape index (κ1) is 11.6. The summed E-state index contributed by atoms with van der Waals surface area (Å²) < 4.78 is 13.7. The molecule has 1 N–H and O–H groups in total. The van der Waals surface area contributed by atoms with Gasteiger partial charge < -0.3 is 5.32 Å². The molecule has 1 aromatic heterocycles. The Kier molecular flexibility index (Phi) is 4.21. The maximum Gasteiger partial charge on any atom is 0.186 e. The first-order valence-corrected chi connectivity index (χ1v) is 5.05. The van der Waals surface area contributed by atoms with Crippen LogP contribution in [0, 0.1) is 5.82 Å². The van der Waals surface area contributed by atoms with Crippen molar-refractivity contribution >= 4 is 5.82 Å². The molecule has 0 aliphatic carbocycles. The van der Waals surface area contributed by atoms with E-state index >= 15 is 0 Å². The summed E-state index contributed by atoms with van der Waals surface area (Å²) in [5.74, 6) is -0.0767. The Labute approximate surface area is 89.5 Å². The fourth-order valence-corrected chi connectivity index (χ4v) is 1.30. The molecule has 0 amide bonds. The van der Waals surface area contributed by atoms with Gasteiger partial charge in [-0.2, -0.15) is 0 Å². The Bertz CT molecular complexity index is 339. The summed E-state index contributed by atoms with van der Waals surface area (Å²) in [6, 6.07) is 0.122. The lowest BCUT2D eigenvalue weighted by atomic mass is 10.2. The third-order valence-electron chi connectivity index (χ3n) is 2.10. The summed E-state index contributed by atoms with van der Waals surface area (Å²) in [6.07, 6.45) is 4.51. The zero-order chi connectivity index (χ0) is 11.3. The zero-order valence-corrected chi connectivity index (χ0v) is 9.13. The minimum atomic E-state index is -0.351. The summed E-state index contributed by atoms with van der Waals surface area (Å²) in [7, 11) is 0. The number of nitrogens with one attached hydrogen (secondary N) is 1. The van der Waals surface area contributed by atoms with Crippen LogP contribution in [0.4, 0.5) is 10.2 Å². The van der Waals surface area contributed by atoms with Gasteiger partial charge in [-0.25, -0.2) is 14.4 Å². The quantitative estimate of drug-likeness (QED) is 0.757. The number of rotatable bonds is 5. The average molecular weight is 209 g/mol. The van der Waals surface area contributed by atoms with Crippen LogP contribution >= 0.6 is 0 Å². The van der Waals surface area contributed by atoms with Crippen molar-refractivity contribution in [1.82, 2.24) is 9.97 Å². The van der Waals surface area contributed by atoms with Crippen LogP contribution in [-0.4, -0.2) is 16.0 Å². The van der Waals surface area contributed by atoms with Crippen molar-refractivity contribution in [2.75, 3.05) is 5.32 Å². The molecule has 15 heavy (non-hydrogen) atoms. The molecule has 4 heteroatoms. The molecule has 1 aromatic rings. The molecule has 0 bridgehead atoms. The third-order valence-corrected chi connectivity index (χ3v) is 2.10. The highest BCUT2D eigenvalue weighted by atomic mass is 19.1. The summed E-state index contributed by atoms with van der Waals surface area (Å²) in [5, 5.41) is 2.99. The molecule has 0 saturated heterocycles. The first-order valence-electron chi connectivity index (χ1n) is 5.05. The van der Waals surface area contributed by atoms with Gasteiger partial charge in [-0.05, 0) is 19.8 Å². The summed E-state index contributed by atoms with van der Waals surface area (Å²) in [5.41, 5.74) is 0.443. The van der Waals surface area contributed by atoms with E-state index in [9.17, 15) is 4.39 Å². The van der Waals surface area contributed by atoms with Gasteiger partial charge in [0.2, 0.25) is 0 Å². The molecule has 82 valence electrons. The van der Waals surface area contributed by atoms with E-state index in [-0.39, 0.29) is 17.7 Å². The fraction of sp³-hybridized carbons (Fsp3) is 0.455. The Morgan fingerprint density at radius 1 is 1.60 bits per heavy atom. The highest BCUT2D eigenvalue weighted by Gasteiger charge is 2.10. The Balaban J connectivity index is 2.80. The molecule has 1 atom stereocenters. The molecular formula is C11H16FN3. The number of aryl methyl sites for hydroxylation is 1. The largest absolute Gasteiger partial charge is 0.365 e. The summed E-state index contributed by atoms with van der Waals surface area (Å²) in [4.78, 5) is 7.74. The summed E-state index contributed by atoms with van der Waals surface area (Å²) in [6.45, 7) is 7.45. The normalized spacial score (nSPS) is 12.2. The lowest BCUT2D eigenvalue weighted by Gasteiger charge is -2.13. The predicted octanol–water partition coefficient (Wildman–Crippen LogP) is 2.55. The van der Waals surface area contributed by atoms with Crippen molar-refractivity contribution in [2.24, 2.45) is 0 Å². The van der Waals surface area contributed by atoms with Gasteiger partial charge in [0, 0.05) is 6.04 Å². The van der Waals surface area contributed by atoms with E-state index in [1.807, 2.05) is 13.8 Å². The van der Waals surface area contributed by atoms with Crippen LogP contribution in [0.5, 0.6) is 0 Å². The van der Waals surface area contributed by atoms with E-state index in [0.29, 0.717) is 12.1 Å². The minimum absolute atomic E-state index is 0.122. The molecule has 1 unspecified atom stereocenters. The van der Waals surface area contributed by atoms with Crippen molar-refractivity contribution < 1.29 is 4.39 Å². The van der Waals surface area contributed by atoms with Crippen LogP contribution in [0.1, 0.15) is 26.0 Å². The van der Waals surface area contributed by atoms with Crippen LogP contribution in [-0.2, 0) is 6.42 Å². The van der Waals surface area contributed by atoms with Crippen molar-refractivity contribution in [1.29, 1.82) is 0 Å². The Hall–Kier alpha value is -1.45. The van der Waals surface area contributed by atoms with Gasteiger partial charge in [-0.3, -0.25) is 0 Å². The molecule has 0 saturated carbocycles. The molecule has 3 nitrogen and oxygen atoms in total. The summed E-state index contributed by atoms with van der Waals surface area (Å²) >= 11 is 0. The monoisotopic (exact) mass is 209 g/mol. The number of aromatic nitrogens is 2. The van der Waals surface area contributed by atoms with Crippen LogP contribution in [0.15, 0.2) is 19.0 Å². The van der Waals surface area contributed by atoms with Gasteiger partial charge in [0.15, 0.2) is 11.6 Å². The van der Waals surface area contributed by atoms with Gasteiger partial charge >= 0.3 is 0 Å². The van der Waals surface area contributed by atoms with E-state index < -0.39 is 0 Å². The predicted molar refractivity (Wildman–Crippen MR) is 59.3 cm³/mol. The molecule has 0 aromatic carbocycles. The molecule has 1 heterocycles. The first-order chi connectivity index (χ1) is 7.19. The van der Waals surface area contributed by atoms with E-state index in [2.05, 4.69) is 21.9 Å². The Morgan fingerprint density at radius 2 is 2.33 bits per heavy atom. The van der Waals surface area contributed by atoms with Crippen LogP contribution in [0.3, 0.4) is 0 Å². The molecule has 0 aliphatic rings. The Morgan fingerprint density at radius 3 is 2.93 bits per heavy atom. The van der Waals surface area contributed by atoms with E-state index in [1.165, 1.54) is 6.33 Å². The second-order valence-corrected chi connectivity index (χ2v) is 3.41. The van der Waals surface area contributed by atoms with Crippen LogP contribution < -0.4 is 5.32 Å².